The number of hydrogen-bond donors (Lipinski definition) is 1. The zero-order valence-electron chi connectivity index (χ0n) is 13.2. The molecule has 1 fully saturated rings. The third-order valence-electron chi connectivity index (χ3n) is 4.35. The van der Waals surface area contributed by atoms with Crippen molar-refractivity contribution < 1.29 is 8.42 Å². The van der Waals surface area contributed by atoms with Crippen LogP contribution in [0.15, 0.2) is 29.2 Å². The van der Waals surface area contributed by atoms with E-state index in [1.54, 1.807) is 18.2 Å². The van der Waals surface area contributed by atoms with E-state index in [9.17, 15) is 8.42 Å². The van der Waals surface area contributed by atoms with Crippen LogP contribution in [0.5, 0.6) is 0 Å². The van der Waals surface area contributed by atoms with Gasteiger partial charge in [-0.3, -0.25) is 0 Å². The molecule has 0 saturated carbocycles. The van der Waals surface area contributed by atoms with Gasteiger partial charge in [-0.2, -0.15) is 0 Å². The predicted molar refractivity (Wildman–Crippen MR) is 87.5 cm³/mol. The number of nitrogens with one attached hydrogen (secondary N) is 1. The molecule has 1 heterocycles. The van der Waals surface area contributed by atoms with Gasteiger partial charge in [0.2, 0.25) is 0 Å². The molecular weight excluding hydrogens is 284 g/mol. The van der Waals surface area contributed by atoms with E-state index in [1.807, 2.05) is 6.07 Å². The van der Waals surface area contributed by atoms with Gasteiger partial charge in [-0.05, 0) is 57.0 Å². The van der Waals surface area contributed by atoms with Crippen LogP contribution < -0.4 is 5.32 Å². The monoisotopic (exact) mass is 310 g/mol. The summed E-state index contributed by atoms with van der Waals surface area (Å²) >= 11 is 0. The number of piperidine rings is 1. The summed E-state index contributed by atoms with van der Waals surface area (Å²) in [5, 5.41) is 3.48. The smallest absolute Gasteiger partial charge is 0.175 e. The Morgan fingerprint density at radius 2 is 2.19 bits per heavy atom. The van der Waals surface area contributed by atoms with Gasteiger partial charge in [-0.1, -0.05) is 13.0 Å². The Hall–Kier alpha value is -1.07. The Labute approximate surface area is 128 Å². The second-order valence-corrected chi connectivity index (χ2v) is 8.04. The lowest BCUT2D eigenvalue weighted by Gasteiger charge is -2.35. The average molecular weight is 310 g/mol. The normalized spacial score (nSPS) is 22.0. The second-order valence-electron chi connectivity index (χ2n) is 6.03. The van der Waals surface area contributed by atoms with E-state index < -0.39 is 9.84 Å². The van der Waals surface area contributed by atoms with Crippen LogP contribution in [0.1, 0.15) is 26.7 Å². The van der Waals surface area contributed by atoms with Gasteiger partial charge in [-0.15, -0.1) is 0 Å². The molecule has 2 atom stereocenters. The summed E-state index contributed by atoms with van der Waals surface area (Å²) in [4.78, 5) is 2.86. The van der Waals surface area contributed by atoms with Crippen LogP contribution in [0.25, 0.3) is 0 Å². The van der Waals surface area contributed by atoms with E-state index in [4.69, 9.17) is 0 Å². The third-order valence-corrected chi connectivity index (χ3v) is 5.46. The SMILES string of the molecule is CCN1CCCC(C(C)Nc2cccc(S(C)(=O)=O)c2)C1. The molecule has 1 aromatic carbocycles. The van der Waals surface area contributed by atoms with Crippen LogP contribution in [-0.2, 0) is 9.84 Å². The number of benzene rings is 1. The van der Waals surface area contributed by atoms with E-state index >= 15 is 0 Å². The second kappa shape index (κ2) is 6.79. The van der Waals surface area contributed by atoms with Gasteiger partial charge in [0, 0.05) is 24.5 Å². The first-order valence-electron chi connectivity index (χ1n) is 7.69. The maximum atomic E-state index is 11.6. The molecule has 4 nitrogen and oxygen atoms in total. The van der Waals surface area contributed by atoms with Gasteiger partial charge in [0.05, 0.1) is 4.90 Å². The molecule has 1 saturated heterocycles. The Morgan fingerprint density at radius 3 is 2.86 bits per heavy atom. The van der Waals surface area contributed by atoms with Gasteiger partial charge in [0.15, 0.2) is 9.84 Å². The van der Waals surface area contributed by atoms with E-state index in [0.29, 0.717) is 16.9 Å². The number of hydrogen-bond acceptors (Lipinski definition) is 4. The predicted octanol–water partition coefficient (Wildman–Crippen LogP) is 2.62. The van der Waals surface area contributed by atoms with Crippen molar-refractivity contribution in [1.82, 2.24) is 4.90 Å². The summed E-state index contributed by atoms with van der Waals surface area (Å²) < 4.78 is 23.2. The lowest BCUT2D eigenvalue weighted by molar-refractivity contribution is 0.172. The molecule has 1 aliphatic rings. The van der Waals surface area contributed by atoms with Gasteiger partial charge in [0.25, 0.3) is 0 Å². The van der Waals surface area contributed by atoms with Crippen LogP contribution >= 0.6 is 0 Å². The van der Waals surface area contributed by atoms with E-state index in [2.05, 4.69) is 24.1 Å². The van der Waals surface area contributed by atoms with Crippen LogP contribution in [0.2, 0.25) is 0 Å². The lowest BCUT2D eigenvalue weighted by Crippen LogP contribution is -2.41. The van der Waals surface area contributed by atoms with E-state index in [1.165, 1.54) is 25.6 Å². The van der Waals surface area contributed by atoms with E-state index in [0.717, 1.165) is 18.8 Å². The highest BCUT2D eigenvalue weighted by Gasteiger charge is 2.23. The largest absolute Gasteiger partial charge is 0.382 e. The van der Waals surface area contributed by atoms with Gasteiger partial charge < -0.3 is 10.2 Å². The molecule has 2 unspecified atom stereocenters. The lowest BCUT2D eigenvalue weighted by atomic mass is 9.91. The van der Waals surface area contributed by atoms with Gasteiger partial charge in [-0.25, -0.2) is 8.42 Å². The van der Waals surface area contributed by atoms with Crippen LogP contribution in [0.3, 0.4) is 0 Å². The minimum absolute atomic E-state index is 0.342. The number of sulfone groups is 1. The first-order chi connectivity index (χ1) is 9.90. The van der Waals surface area contributed by atoms with Crippen molar-refractivity contribution in [2.75, 3.05) is 31.2 Å². The van der Waals surface area contributed by atoms with Crippen molar-refractivity contribution in [3.05, 3.63) is 24.3 Å². The van der Waals surface area contributed by atoms with Crippen LogP contribution in [0.4, 0.5) is 5.69 Å². The molecule has 0 aliphatic carbocycles. The fourth-order valence-corrected chi connectivity index (χ4v) is 3.65. The van der Waals surface area contributed by atoms with Crippen molar-refractivity contribution in [1.29, 1.82) is 0 Å². The minimum atomic E-state index is -3.15. The zero-order chi connectivity index (χ0) is 15.5. The maximum Gasteiger partial charge on any atom is 0.175 e. The van der Waals surface area contributed by atoms with Crippen molar-refractivity contribution in [3.63, 3.8) is 0 Å². The summed E-state index contributed by atoms with van der Waals surface area (Å²) in [7, 11) is -3.15. The number of anilines is 1. The Kier molecular flexibility index (Phi) is 5.27. The number of rotatable bonds is 5. The Morgan fingerprint density at radius 1 is 1.43 bits per heavy atom. The van der Waals surface area contributed by atoms with Crippen LogP contribution in [0, 0.1) is 5.92 Å². The highest BCUT2D eigenvalue weighted by molar-refractivity contribution is 7.90. The average Bonchev–Trinajstić information content (AvgIpc) is 2.46. The highest BCUT2D eigenvalue weighted by atomic mass is 32.2. The van der Waals surface area contributed by atoms with Crippen molar-refractivity contribution in [2.45, 2.75) is 37.6 Å². The molecule has 0 spiro atoms. The van der Waals surface area contributed by atoms with Crippen molar-refractivity contribution in [3.8, 4) is 0 Å². The Balaban J connectivity index is 2.04. The van der Waals surface area contributed by atoms with Crippen molar-refractivity contribution >= 4 is 15.5 Å². The first-order valence-corrected chi connectivity index (χ1v) is 9.58. The minimum Gasteiger partial charge on any atom is -0.382 e. The summed E-state index contributed by atoms with van der Waals surface area (Å²) in [6, 6.07) is 7.45. The molecule has 5 heteroatoms. The van der Waals surface area contributed by atoms with Crippen molar-refractivity contribution in [2.24, 2.45) is 5.92 Å². The van der Waals surface area contributed by atoms with E-state index in [-0.39, 0.29) is 0 Å². The first kappa shape index (κ1) is 16.3. The quantitative estimate of drug-likeness (QED) is 0.908. The standard InChI is InChI=1S/C16H26N2O2S/c1-4-18-10-6-7-14(12-18)13(2)17-15-8-5-9-16(11-15)21(3,19)20/h5,8-9,11,13-14,17H,4,6-7,10,12H2,1-3H3. The molecule has 2 rings (SSSR count). The van der Waals surface area contributed by atoms with Gasteiger partial charge >= 0.3 is 0 Å². The molecule has 1 N–H and O–H groups in total. The number of nitrogens with zero attached hydrogens (tertiary/aromatic N) is 1. The fourth-order valence-electron chi connectivity index (χ4n) is 2.98. The summed E-state index contributed by atoms with van der Waals surface area (Å²) in [5.74, 6) is 0.612. The zero-order valence-corrected chi connectivity index (χ0v) is 14.0. The molecule has 0 radical (unpaired) electrons. The third kappa shape index (κ3) is 4.45. The summed E-state index contributed by atoms with van der Waals surface area (Å²) in [6.07, 6.45) is 3.72. The fraction of sp³-hybridized carbons (Fsp3) is 0.625. The number of likely N-dealkylation sites (tertiary alicyclic amines) is 1. The Bertz CT molecular complexity index is 571. The molecule has 0 bridgehead atoms. The molecule has 1 aromatic rings. The molecule has 21 heavy (non-hydrogen) atoms. The van der Waals surface area contributed by atoms with Gasteiger partial charge in [0.1, 0.15) is 0 Å². The highest BCUT2D eigenvalue weighted by Crippen LogP contribution is 2.23. The summed E-state index contributed by atoms with van der Waals surface area (Å²) in [6.45, 7) is 7.82. The molecule has 118 valence electrons. The maximum absolute atomic E-state index is 11.6. The topological polar surface area (TPSA) is 49.4 Å². The molecule has 0 aromatic heterocycles. The summed E-state index contributed by atoms with van der Waals surface area (Å²) in [5.41, 5.74) is 0.888. The molecule has 1 aliphatic heterocycles. The molecular formula is C16H26N2O2S. The molecule has 0 amide bonds. The van der Waals surface area contributed by atoms with Crippen LogP contribution in [-0.4, -0.2) is 45.2 Å².